The van der Waals surface area contributed by atoms with Crippen LogP contribution in [-0.4, -0.2) is 45.7 Å². The second-order valence-corrected chi connectivity index (χ2v) is 4.26. The predicted molar refractivity (Wildman–Crippen MR) is 76.3 cm³/mol. The monoisotopic (exact) mass is 278 g/mol. The van der Waals surface area contributed by atoms with Crippen molar-refractivity contribution >= 4 is 17.9 Å². The molecule has 1 aliphatic heterocycles. The van der Waals surface area contributed by atoms with Gasteiger partial charge in [0, 0.05) is 30.4 Å². The summed E-state index contributed by atoms with van der Waals surface area (Å²) in [5.74, 6) is 0.684. The number of anilines is 1. The van der Waals surface area contributed by atoms with E-state index in [2.05, 4.69) is 15.4 Å². The highest BCUT2D eigenvalue weighted by Gasteiger charge is 2.13. The number of nitrogens with zero attached hydrogens (tertiary/aromatic N) is 2. The topological polar surface area (TPSA) is 89.2 Å². The maximum absolute atomic E-state index is 10.6. The number of primary amides is 1. The zero-order valence-corrected chi connectivity index (χ0v) is 11.3. The van der Waals surface area contributed by atoms with Crippen LogP contribution in [0.1, 0.15) is 5.56 Å². The van der Waals surface area contributed by atoms with Crippen molar-refractivity contribution in [2.75, 3.05) is 38.3 Å². The Morgan fingerprint density at radius 2 is 2.25 bits per heavy atom. The fourth-order valence-corrected chi connectivity index (χ4v) is 1.99. The Hall–Kier alpha value is -2.28. The lowest BCUT2D eigenvalue weighted by Crippen LogP contribution is -2.36. The average molecular weight is 278 g/mol. The molecular formula is C13H18N4O3. The fraction of sp³-hybridized carbons (Fsp3) is 0.385. The van der Waals surface area contributed by atoms with E-state index in [1.807, 2.05) is 18.2 Å². The second-order valence-electron chi connectivity index (χ2n) is 4.26. The van der Waals surface area contributed by atoms with Gasteiger partial charge in [0.1, 0.15) is 5.75 Å². The number of rotatable bonds is 4. The summed E-state index contributed by atoms with van der Waals surface area (Å²) in [6, 6.07) is 5.11. The quantitative estimate of drug-likeness (QED) is 0.621. The molecule has 3 N–H and O–H groups in total. The number of carbonyl (C=O) groups is 1. The van der Waals surface area contributed by atoms with Gasteiger partial charge in [0.15, 0.2) is 0 Å². The summed E-state index contributed by atoms with van der Waals surface area (Å²) in [4.78, 5) is 12.8. The van der Waals surface area contributed by atoms with Gasteiger partial charge < -0.3 is 20.1 Å². The van der Waals surface area contributed by atoms with E-state index < -0.39 is 6.03 Å². The first-order valence-corrected chi connectivity index (χ1v) is 6.30. The van der Waals surface area contributed by atoms with Gasteiger partial charge in [-0.2, -0.15) is 5.10 Å². The van der Waals surface area contributed by atoms with E-state index in [0.717, 1.165) is 37.6 Å². The van der Waals surface area contributed by atoms with Gasteiger partial charge in [0.05, 0.1) is 26.5 Å². The number of hydrazone groups is 1. The number of benzene rings is 1. The lowest BCUT2D eigenvalue weighted by Gasteiger charge is -2.29. The van der Waals surface area contributed by atoms with Gasteiger partial charge in [-0.3, -0.25) is 0 Å². The molecule has 1 aromatic carbocycles. The van der Waals surface area contributed by atoms with Crippen LogP contribution in [0.2, 0.25) is 0 Å². The molecule has 1 saturated heterocycles. The maximum Gasteiger partial charge on any atom is 0.332 e. The maximum atomic E-state index is 10.6. The van der Waals surface area contributed by atoms with Gasteiger partial charge in [0.25, 0.3) is 0 Å². The number of methoxy groups -OCH3 is 1. The molecule has 1 heterocycles. The molecular weight excluding hydrogens is 260 g/mol. The molecule has 1 aliphatic rings. The first-order valence-electron chi connectivity index (χ1n) is 6.30. The lowest BCUT2D eigenvalue weighted by molar-refractivity contribution is 0.122. The minimum atomic E-state index is -0.704. The van der Waals surface area contributed by atoms with Gasteiger partial charge in [0.2, 0.25) is 0 Å². The van der Waals surface area contributed by atoms with E-state index in [-0.39, 0.29) is 0 Å². The van der Waals surface area contributed by atoms with E-state index in [1.165, 1.54) is 6.21 Å². The minimum Gasteiger partial charge on any atom is -0.496 e. The Morgan fingerprint density at radius 3 is 2.90 bits per heavy atom. The van der Waals surface area contributed by atoms with Gasteiger partial charge in [-0.15, -0.1) is 0 Å². The molecule has 0 atom stereocenters. The van der Waals surface area contributed by atoms with E-state index in [9.17, 15) is 4.79 Å². The number of carbonyl (C=O) groups excluding carboxylic acids is 1. The summed E-state index contributed by atoms with van der Waals surface area (Å²) >= 11 is 0. The van der Waals surface area contributed by atoms with Crippen LogP contribution < -0.4 is 20.8 Å². The molecule has 1 aromatic rings. The molecule has 0 saturated carbocycles. The SMILES string of the molecule is COc1cc(N2CCOCC2)ccc1C=NNC(N)=O. The summed E-state index contributed by atoms with van der Waals surface area (Å²) < 4.78 is 10.7. The zero-order chi connectivity index (χ0) is 14.4. The van der Waals surface area contributed by atoms with Crippen molar-refractivity contribution in [2.45, 2.75) is 0 Å². The van der Waals surface area contributed by atoms with Crippen molar-refractivity contribution in [3.63, 3.8) is 0 Å². The molecule has 1 fully saturated rings. The molecule has 0 aromatic heterocycles. The normalized spacial score (nSPS) is 15.3. The van der Waals surface area contributed by atoms with Crippen molar-refractivity contribution in [1.82, 2.24) is 5.43 Å². The van der Waals surface area contributed by atoms with Crippen molar-refractivity contribution in [2.24, 2.45) is 10.8 Å². The Kier molecular flexibility index (Phi) is 4.78. The lowest BCUT2D eigenvalue weighted by atomic mass is 10.1. The van der Waals surface area contributed by atoms with Crippen molar-refractivity contribution < 1.29 is 14.3 Å². The molecule has 2 rings (SSSR count). The first kappa shape index (κ1) is 14.1. The molecule has 0 aliphatic carbocycles. The molecule has 0 bridgehead atoms. The van der Waals surface area contributed by atoms with E-state index in [4.69, 9.17) is 15.2 Å². The molecule has 0 spiro atoms. The third kappa shape index (κ3) is 3.61. The highest BCUT2D eigenvalue weighted by Crippen LogP contribution is 2.25. The molecule has 0 unspecified atom stereocenters. The van der Waals surface area contributed by atoms with Crippen LogP contribution in [-0.2, 0) is 4.74 Å². The largest absolute Gasteiger partial charge is 0.496 e. The number of hydrogen-bond acceptors (Lipinski definition) is 5. The number of morpholine rings is 1. The third-order valence-corrected chi connectivity index (χ3v) is 2.97. The first-order chi connectivity index (χ1) is 9.70. The summed E-state index contributed by atoms with van der Waals surface area (Å²) in [7, 11) is 1.59. The number of amides is 2. The zero-order valence-electron chi connectivity index (χ0n) is 11.3. The van der Waals surface area contributed by atoms with E-state index in [0.29, 0.717) is 5.75 Å². The van der Waals surface area contributed by atoms with Crippen molar-refractivity contribution in [3.8, 4) is 5.75 Å². The highest BCUT2D eigenvalue weighted by atomic mass is 16.5. The van der Waals surface area contributed by atoms with Gasteiger partial charge in [-0.25, -0.2) is 10.2 Å². The number of nitrogens with two attached hydrogens (primary N) is 1. The number of ether oxygens (including phenoxy) is 2. The number of nitrogens with one attached hydrogen (secondary N) is 1. The molecule has 2 amide bonds. The van der Waals surface area contributed by atoms with Crippen LogP contribution in [0.15, 0.2) is 23.3 Å². The minimum absolute atomic E-state index is 0.684. The van der Waals surface area contributed by atoms with E-state index >= 15 is 0 Å². The summed E-state index contributed by atoms with van der Waals surface area (Å²) in [6.07, 6.45) is 1.49. The predicted octanol–water partition coefficient (Wildman–Crippen LogP) is 0.534. The number of urea groups is 1. The van der Waals surface area contributed by atoms with Crippen LogP contribution >= 0.6 is 0 Å². The average Bonchev–Trinajstić information content (AvgIpc) is 2.48. The van der Waals surface area contributed by atoms with Crippen LogP contribution in [0.3, 0.4) is 0 Å². The van der Waals surface area contributed by atoms with Crippen LogP contribution in [0.25, 0.3) is 0 Å². The Morgan fingerprint density at radius 1 is 1.50 bits per heavy atom. The van der Waals surface area contributed by atoms with Crippen LogP contribution in [0.4, 0.5) is 10.5 Å². The second kappa shape index (κ2) is 6.76. The molecule has 20 heavy (non-hydrogen) atoms. The molecule has 0 radical (unpaired) electrons. The molecule has 108 valence electrons. The van der Waals surface area contributed by atoms with Gasteiger partial charge in [-0.1, -0.05) is 0 Å². The fourth-order valence-electron chi connectivity index (χ4n) is 1.99. The molecule has 7 heteroatoms. The van der Waals surface area contributed by atoms with Crippen LogP contribution in [0, 0.1) is 0 Å². The van der Waals surface area contributed by atoms with Gasteiger partial charge >= 0.3 is 6.03 Å². The standard InChI is InChI=1S/C13H18N4O3/c1-19-12-8-11(17-4-6-20-7-5-17)3-2-10(12)9-15-16-13(14)18/h2-3,8-9H,4-7H2,1H3,(H3,14,16,18). The summed E-state index contributed by atoms with van der Waals surface area (Å²) in [6.45, 7) is 3.18. The Balaban J connectivity index is 2.14. The third-order valence-electron chi connectivity index (χ3n) is 2.97. The number of hydrogen-bond donors (Lipinski definition) is 2. The van der Waals surface area contributed by atoms with Gasteiger partial charge in [-0.05, 0) is 12.1 Å². The highest BCUT2D eigenvalue weighted by molar-refractivity contribution is 5.85. The molecule has 7 nitrogen and oxygen atoms in total. The Bertz CT molecular complexity index is 498. The summed E-state index contributed by atoms with van der Waals surface area (Å²) in [5.41, 5.74) is 8.92. The summed E-state index contributed by atoms with van der Waals surface area (Å²) in [5, 5.41) is 3.73. The smallest absolute Gasteiger partial charge is 0.332 e. The van der Waals surface area contributed by atoms with Crippen molar-refractivity contribution in [1.29, 1.82) is 0 Å². The Labute approximate surface area is 117 Å². The van der Waals surface area contributed by atoms with Crippen molar-refractivity contribution in [3.05, 3.63) is 23.8 Å². The van der Waals surface area contributed by atoms with Crippen LogP contribution in [0.5, 0.6) is 5.75 Å². The van der Waals surface area contributed by atoms with E-state index in [1.54, 1.807) is 7.11 Å².